The number of hydrogen-bond acceptors (Lipinski definition) is 3. The second-order valence-corrected chi connectivity index (χ2v) is 6.12. The van der Waals surface area contributed by atoms with Gasteiger partial charge in [-0.1, -0.05) is 11.6 Å². The molecule has 0 atom stereocenters. The summed E-state index contributed by atoms with van der Waals surface area (Å²) in [5.41, 5.74) is 0. The molecule has 0 unspecified atom stereocenters. The molecule has 1 aromatic rings. The van der Waals surface area contributed by atoms with Crippen LogP contribution in [0.3, 0.4) is 0 Å². The van der Waals surface area contributed by atoms with E-state index in [0.29, 0.717) is 4.47 Å². The van der Waals surface area contributed by atoms with E-state index in [1.54, 1.807) is 0 Å². The van der Waals surface area contributed by atoms with Gasteiger partial charge in [-0.3, -0.25) is 0 Å². The lowest BCUT2D eigenvalue weighted by molar-refractivity contribution is 0.520. The summed E-state index contributed by atoms with van der Waals surface area (Å²) >= 11 is 8.82. The lowest BCUT2D eigenvalue weighted by Crippen LogP contribution is -2.22. The topological polar surface area (TPSA) is 50.3 Å². The van der Waals surface area contributed by atoms with E-state index >= 15 is 0 Å². The van der Waals surface area contributed by atoms with Crippen molar-refractivity contribution in [2.45, 2.75) is 4.90 Å². The van der Waals surface area contributed by atoms with Crippen molar-refractivity contribution in [1.29, 1.82) is 0 Å². The maximum absolute atomic E-state index is 11.7. The molecule has 4 nitrogen and oxygen atoms in total. The minimum Gasteiger partial charge on any atom is -0.242 e. The molecule has 7 heteroatoms. The number of aromatic nitrogens is 1. The van der Waals surface area contributed by atoms with Crippen LogP contribution in [0, 0.1) is 0 Å². The lowest BCUT2D eigenvalue weighted by Gasteiger charge is -2.11. The highest BCUT2D eigenvalue weighted by atomic mass is 79.9. The molecule has 1 heterocycles. The summed E-state index contributed by atoms with van der Waals surface area (Å²) in [7, 11) is -0.647. The molecule has 0 N–H and O–H groups in total. The molecule has 0 saturated heterocycles. The highest BCUT2D eigenvalue weighted by molar-refractivity contribution is 9.10. The third-order valence-electron chi connectivity index (χ3n) is 1.53. The van der Waals surface area contributed by atoms with Crippen LogP contribution in [0.5, 0.6) is 0 Å². The van der Waals surface area contributed by atoms with Crippen molar-refractivity contribution in [3.8, 4) is 0 Å². The lowest BCUT2D eigenvalue weighted by atomic mass is 10.5. The van der Waals surface area contributed by atoms with Crippen molar-refractivity contribution >= 4 is 37.6 Å². The highest BCUT2D eigenvalue weighted by Crippen LogP contribution is 2.24. The molecule has 0 aliphatic rings. The van der Waals surface area contributed by atoms with E-state index in [1.807, 2.05) is 0 Å². The molecule has 0 amide bonds. The smallest absolute Gasteiger partial charge is 0.242 e. The zero-order valence-electron chi connectivity index (χ0n) is 7.53. The molecule has 0 aliphatic carbocycles. The van der Waals surface area contributed by atoms with E-state index in [0.717, 1.165) is 4.31 Å². The van der Waals surface area contributed by atoms with Gasteiger partial charge in [-0.15, -0.1) is 0 Å². The van der Waals surface area contributed by atoms with Gasteiger partial charge in [0.05, 0.1) is 0 Å². The van der Waals surface area contributed by atoms with Gasteiger partial charge in [0.25, 0.3) is 0 Å². The quantitative estimate of drug-likeness (QED) is 0.782. The molecule has 1 rings (SSSR count). The third-order valence-corrected chi connectivity index (χ3v) is 4.21. The monoisotopic (exact) mass is 298 g/mol. The van der Waals surface area contributed by atoms with Gasteiger partial charge in [-0.2, -0.15) is 0 Å². The number of nitrogens with zero attached hydrogens (tertiary/aromatic N) is 2. The number of hydrogen-bond donors (Lipinski definition) is 0. The Morgan fingerprint density at radius 1 is 1.50 bits per heavy atom. The molecule has 0 bridgehead atoms. The average molecular weight is 300 g/mol. The molecule has 1 aromatic heterocycles. The maximum atomic E-state index is 11.7. The standard InChI is InChI=1S/C7H8BrClN2O2S/c1-11(2)14(12,13)6-3-5(8)4-10-7(6)9/h3-4H,1-2H3. The Morgan fingerprint density at radius 3 is 2.57 bits per heavy atom. The van der Waals surface area contributed by atoms with Crippen molar-refractivity contribution < 1.29 is 8.42 Å². The van der Waals surface area contributed by atoms with E-state index in [4.69, 9.17) is 11.6 Å². The van der Waals surface area contributed by atoms with E-state index < -0.39 is 10.0 Å². The first-order valence-electron chi connectivity index (χ1n) is 3.59. The van der Waals surface area contributed by atoms with E-state index in [-0.39, 0.29) is 10.0 Å². The summed E-state index contributed by atoms with van der Waals surface area (Å²) in [6.07, 6.45) is 1.44. The van der Waals surface area contributed by atoms with Crippen molar-refractivity contribution in [2.75, 3.05) is 14.1 Å². The van der Waals surface area contributed by atoms with Crippen LogP contribution in [-0.2, 0) is 10.0 Å². The Kier molecular flexibility index (Phi) is 3.52. The molecule has 78 valence electrons. The summed E-state index contributed by atoms with van der Waals surface area (Å²) in [5, 5.41) is -0.0260. The molecule has 0 radical (unpaired) electrons. The zero-order valence-corrected chi connectivity index (χ0v) is 10.7. The van der Waals surface area contributed by atoms with Crippen LogP contribution < -0.4 is 0 Å². The Hall–Kier alpha value is -0.170. The van der Waals surface area contributed by atoms with Crippen LogP contribution in [0.2, 0.25) is 5.15 Å². The summed E-state index contributed by atoms with van der Waals surface area (Å²) in [6.45, 7) is 0. The van der Waals surface area contributed by atoms with Crippen molar-refractivity contribution in [3.05, 3.63) is 21.9 Å². The van der Waals surface area contributed by atoms with Gasteiger partial charge in [0.1, 0.15) is 10.0 Å². The fourth-order valence-electron chi connectivity index (χ4n) is 0.782. The molecule has 0 saturated carbocycles. The Balaban J connectivity index is 3.40. The zero-order chi connectivity index (χ0) is 10.9. The van der Waals surface area contributed by atoms with Crippen LogP contribution >= 0.6 is 27.5 Å². The summed E-state index contributed by atoms with van der Waals surface area (Å²) in [5.74, 6) is 0. The van der Waals surface area contributed by atoms with Crippen LogP contribution in [0.25, 0.3) is 0 Å². The fourth-order valence-corrected chi connectivity index (χ4v) is 2.60. The van der Waals surface area contributed by atoms with Gasteiger partial charge in [-0.25, -0.2) is 17.7 Å². The fraction of sp³-hybridized carbons (Fsp3) is 0.286. The van der Waals surface area contributed by atoms with Crippen LogP contribution in [0.1, 0.15) is 0 Å². The maximum Gasteiger partial charge on any atom is 0.245 e. The van der Waals surface area contributed by atoms with Crippen LogP contribution in [0.15, 0.2) is 21.6 Å². The first-order valence-corrected chi connectivity index (χ1v) is 6.20. The van der Waals surface area contributed by atoms with E-state index in [9.17, 15) is 8.42 Å². The van der Waals surface area contributed by atoms with Gasteiger partial charge in [-0.05, 0) is 22.0 Å². The molecule has 0 aromatic carbocycles. The molecule has 0 spiro atoms. The predicted molar refractivity (Wildman–Crippen MR) is 57.8 cm³/mol. The molecule has 0 fully saturated rings. The van der Waals surface area contributed by atoms with E-state index in [1.165, 1.54) is 26.4 Å². The second-order valence-electron chi connectivity index (χ2n) is 2.73. The molecular formula is C7H8BrClN2O2S. The molecule has 14 heavy (non-hydrogen) atoms. The third kappa shape index (κ3) is 2.25. The normalized spacial score (nSPS) is 12.1. The first kappa shape index (κ1) is 11.9. The van der Waals surface area contributed by atoms with Crippen LogP contribution in [-0.4, -0.2) is 31.8 Å². The summed E-state index contributed by atoms with van der Waals surface area (Å²) in [4.78, 5) is 3.74. The van der Waals surface area contributed by atoms with E-state index in [2.05, 4.69) is 20.9 Å². The average Bonchev–Trinajstić information content (AvgIpc) is 2.08. The number of sulfonamides is 1. The SMILES string of the molecule is CN(C)S(=O)(=O)c1cc(Br)cnc1Cl. The highest BCUT2D eigenvalue weighted by Gasteiger charge is 2.21. The van der Waals surface area contributed by atoms with Gasteiger partial charge < -0.3 is 0 Å². The Morgan fingerprint density at radius 2 is 2.07 bits per heavy atom. The number of rotatable bonds is 2. The molecular weight excluding hydrogens is 292 g/mol. The van der Waals surface area contributed by atoms with Gasteiger partial charge in [0.15, 0.2) is 0 Å². The largest absolute Gasteiger partial charge is 0.245 e. The van der Waals surface area contributed by atoms with Crippen LogP contribution in [0.4, 0.5) is 0 Å². The number of pyridine rings is 1. The van der Waals surface area contributed by atoms with Gasteiger partial charge in [0, 0.05) is 24.8 Å². The Bertz CT molecular complexity index is 447. The first-order chi connectivity index (χ1) is 6.35. The van der Waals surface area contributed by atoms with Gasteiger partial charge >= 0.3 is 0 Å². The van der Waals surface area contributed by atoms with Gasteiger partial charge in [0.2, 0.25) is 10.0 Å². The van der Waals surface area contributed by atoms with Crippen molar-refractivity contribution in [1.82, 2.24) is 9.29 Å². The van der Waals surface area contributed by atoms with Crippen molar-refractivity contribution in [3.63, 3.8) is 0 Å². The summed E-state index contributed by atoms with van der Waals surface area (Å²) in [6, 6.07) is 1.42. The second kappa shape index (κ2) is 4.14. The summed E-state index contributed by atoms with van der Waals surface area (Å²) < 4.78 is 25.0. The predicted octanol–water partition coefficient (Wildman–Crippen LogP) is 1.75. The minimum absolute atomic E-state index is 0.00135. The minimum atomic E-state index is -3.52. The van der Waals surface area contributed by atoms with Crippen molar-refractivity contribution in [2.24, 2.45) is 0 Å². The Labute approximate surface area is 96.1 Å². The molecule has 0 aliphatic heterocycles. The number of halogens is 2.